The van der Waals surface area contributed by atoms with Crippen LogP contribution in [0.2, 0.25) is 0 Å². The number of benzene rings is 3. The molecule has 3 aromatic carbocycles. The summed E-state index contributed by atoms with van der Waals surface area (Å²) in [5.41, 5.74) is 5.72. The highest BCUT2D eigenvalue weighted by molar-refractivity contribution is 7.92. The van der Waals surface area contributed by atoms with Gasteiger partial charge in [0.1, 0.15) is 5.82 Å². The van der Waals surface area contributed by atoms with Gasteiger partial charge in [0.2, 0.25) is 0 Å². The lowest BCUT2D eigenvalue weighted by atomic mass is 10.2. The van der Waals surface area contributed by atoms with Crippen molar-refractivity contribution in [3.05, 3.63) is 89.7 Å². The topological polar surface area (TPSA) is 70.6 Å². The summed E-state index contributed by atoms with van der Waals surface area (Å²) in [6.07, 6.45) is 1.56. The minimum absolute atomic E-state index is 0.208. The first-order chi connectivity index (χ1) is 12.9. The van der Waals surface area contributed by atoms with Gasteiger partial charge in [-0.25, -0.2) is 12.8 Å². The number of anilines is 2. The Bertz CT molecular complexity index is 1030. The van der Waals surface area contributed by atoms with E-state index in [0.717, 1.165) is 11.1 Å². The van der Waals surface area contributed by atoms with E-state index in [1.165, 1.54) is 12.1 Å². The van der Waals surface area contributed by atoms with Gasteiger partial charge in [-0.3, -0.25) is 10.1 Å². The van der Waals surface area contributed by atoms with Crippen LogP contribution in [0, 0.1) is 12.7 Å². The van der Waals surface area contributed by atoms with Crippen molar-refractivity contribution in [2.45, 2.75) is 11.8 Å². The van der Waals surface area contributed by atoms with E-state index in [4.69, 9.17) is 0 Å². The molecule has 3 rings (SSSR count). The molecule has 0 saturated carbocycles. The second kappa shape index (κ2) is 8.01. The number of rotatable bonds is 6. The first kappa shape index (κ1) is 18.6. The maximum atomic E-state index is 12.8. The van der Waals surface area contributed by atoms with Crippen molar-refractivity contribution in [2.24, 2.45) is 5.10 Å². The molecule has 0 aliphatic rings. The Morgan fingerprint density at radius 2 is 1.44 bits per heavy atom. The normalized spacial score (nSPS) is 11.5. The van der Waals surface area contributed by atoms with Crippen LogP contribution in [0.5, 0.6) is 0 Å². The van der Waals surface area contributed by atoms with Crippen LogP contribution in [-0.2, 0) is 10.0 Å². The highest BCUT2D eigenvalue weighted by atomic mass is 32.2. The molecule has 5 nitrogen and oxygen atoms in total. The third-order valence-electron chi connectivity index (χ3n) is 3.75. The van der Waals surface area contributed by atoms with Gasteiger partial charge in [-0.2, -0.15) is 5.10 Å². The van der Waals surface area contributed by atoms with E-state index in [0.29, 0.717) is 11.4 Å². The summed E-state index contributed by atoms with van der Waals surface area (Å²) in [5, 5.41) is 4.07. The van der Waals surface area contributed by atoms with Crippen molar-refractivity contribution in [1.29, 1.82) is 0 Å². The van der Waals surface area contributed by atoms with Gasteiger partial charge in [-0.1, -0.05) is 29.8 Å². The Morgan fingerprint density at radius 1 is 0.852 bits per heavy atom. The first-order valence-electron chi connectivity index (χ1n) is 8.17. The fraction of sp³-hybridized carbons (Fsp3) is 0.0500. The highest BCUT2D eigenvalue weighted by Gasteiger charge is 2.13. The number of nitrogens with one attached hydrogen (secondary N) is 2. The average molecular weight is 383 g/mol. The van der Waals surface area contributed by atoms with E-state index in [1.54, 1.807) is 66.9 Å². The molecule has 0 bridgehead atoms. The fourth-order valence-electron chi connectivity index (χ4n) is 2.27. The minimum atomic E-state index is -3.63. The standard InChI is InChI=1S/C20H18FN3O2S/c1-15-2-12-20(13-3-15)27(25,26)24-19-10-8-18(9-11-19)23-22-14-16-4-6-17(21)7-5-16/h2-14,23-24H,1H3. The predicted octanol–water partition coefficient (Wildman–Crippen LogP) is 4.38. The summed E-state index contributed by atoms with van der Waals surface area (Å²) in [5.74, 6) is -0.302. The Hall–Kier alpha value is -3.19. The third-order valence-corrected chi connectivity index (χ3v) is 5.14. The summed E-state index contributed by atoms with van der Waals surface area (Å²) in [6.45, 7) is 1.90. The van der Waals surface area contributed by atoms with Crippen LogP contribution in [0.1, 0.15) is 11.1 Å². The molecule has 0 aliphatic heterocycles. The molecule has 0 amide bonds. The van der Waals surface area contributed by atoms with Crippen molar-refractivity contribution in [3.8, 4) is 0 Å². The number of aryl methyl sites for hydroxylation is 1. The lowest BCUT2D eigenvalue weighted by molar-refractivity contribution is 0.601. The zero-order chi connectivity index (χ0) is 19.3. The van der Waals surface area contributed by atoms with Crippen molar-refractivity contribution in [1.82, 2.24) is 0 Å². The molecule has 0 unspecified atom stereocenters. The van der Waals surface area contributed by atoms with Crippen LogP contribution in [-0.4, -0.2) is 14.6 Å². The van der Waals surface area contributed by atoms with E-state index in [2.05, 4.69) is 15.2 Å². The maximum Gasteiger partial charge on any atom is 0.261 e. The molecule has 0 aromatic heterocycles. The van der Waals surface area contributed by atoms with E-state index < -0.39 is 10.0 Å². The number of hydrogen-bond acceptors (Lipinski definition) is 4. The van der Waals surface area contributed by atoms with E-state index in [-0.39, 0.29) is 10.7 Å². The van der Waals surface area contributed by atoms with Crippen LogP contribution in [0.3, 0.4) is 0 Å². The number of halogens is 1. The van der Waals surface area contributed by atoms with Gasteiger partial charge >= 0.3 is 0 Å². The first-order valence-corrected chi connectivity index (χ1v) is 9.65. The van der Waals surface area contributed by atoms with Crippen molar-refractivity contribution in [2.75, 3.05) is 10.1 Å². The zero-order valence-electron chi connectivity index (χ0n) is 14.6. The van der Waals surface area contributed by atoms with Gasteiger partial charge in [-0.15, -0.1) is 0 Å². The molecular formula is C20H18FN3O2S. The number of hydrogen-bond donors (Lipinski definition) is 2. The quantitative estimate of drug-likeness (QED) is 0.490. The molecule has 2 N–H and O–H groups in total. The molecule has 3 aromatic rings. The second-order valence-electron chi connectivity index (χ2n) is 5.92. The maximum absolute atomic E-state index is 12.8. The summed E-state index contributed by atoms with van der Waals surface area (Å²) < 4.78 is 40.1. The second-order valence-corrected chi connectivity index (χ2v) is 7.60. The summed E-state index contributed by atoms with van der Waals surface area (Å²) >= 11 is 0. The van der Waals surface area contributed by atoms with E-state index in [9.17, 15) is 12.8 Å². The highest BCUT2D eigenvalue weighted by Crippen LogP contribution is 2.18. The Labute approximate surface area is 157 Å². The molecule has 0 saturated heterocycles. The molecule has 0 atom stereocenters. The Balaban J connectivity index is 1.63. The van der Waals surface area contributed by atoms with Crippen LogP contribution in [0.25, 0.3) is 0 Å². The molecular weight excluding hydrogens is 365 g/mol. The summed E-state index contributed by atoms with van der Waals surface area (Å²) in [7, 11) is -3.63. The molecule has 0 aliphatic carbocycles. The largest absolute Gasteiger partial charge is 0.280 e. The molecule has 0 heterocycles. The van der Waals surface area contributed by atoms with Gasteiger partial charge < -0.3 is 0 Å². The lowest BCUT2D eigenvalue weighted by Gasteiger charge is -2.09. The number of hydrazone groups is 1. The van der Waals surface area contributed by atoms with Gasteiger partial charge in [0, 0.05) is 5.69 Å². The zero-order valence-corrected chi connectivity index (χ0v) is 15.4. The van der Waals surface area contributed by atoms with E-state index >= 15 is 0 Å². The molecule has 27 heavy (non-hydrogen) atoms. The van der Waals surface area contributed by atoms with Crippen LogP contribution >= 0.6 is 0 Å². The van der Waals surface area contributed by atoms with Crippen molar-refractivity contribution >= 4 is 27.6 Å². The van der Waals surface area contributed by atoms with Crippen LogP contribution in [0.15, 0.2) is 82.8 Å². The lowest BCUT2D eigenvalue weighted by Crippen LogP contribution is -2.12. The van der Waals surface area contributed by atoms with Gasteiger partial charge in [-0.05, 0) is 61.0 Å². The van der Waals surface area contributed by atoms with Crippen molar-refractivity contribution in [3.63, 3.8) is 0 Å². The summed E-state index contributed by atoms with van der Waals surface area (Å²) in [6, 6.07) is 19.3. The molecule has 0 radical (unpaired) electrons. The number of nitrogens with zero attached hydrogens (tertiary/aromatic N) is 1. The Morgan fingerprint density at radius 3 is 2.07 bits per heavy atom. The van der Waals surface area contributed by atoms with Gasteiger partial charge in [0.05, 0.1) is 16.8 Å². The minimum Gasteiger partial charge on any atom is -0.280 e. The van der Waals surface area contributed by atoms with Crippen LogP contribution < -0.4 is 10.1 Å². The Kier molecular flexibility index (Phi) is 5.52. The monoisotopic (exact) mass is 383 g/mol. The molecule has 7 heteroatoms. The summed E-state index contributed by atoms with van der Waals surface area (Å²) in [4.78, 5) is 0.208. The third kappa shape index (κ3) is 5.15. The smallest absolute Gasteiger partial charge is 0.261 e. The predicted molar refractivity (Wildman–Crippen MR) is 106 cm³/mol. The SMILES string of the molecule is Cc1ccc(S(=O)(=O)Nc2ccc(NN=Cc3ccc(F)cc3)cc2)cc1. The molecule has 0 fully saturated rings. The van der Waals surface area contributed by atoms with E-state index in [1.807, 2.05) is 6.92 Å². The van der Waals surface area contributed by atoms with Gasteiger partial charge in [0.15, 0.2) is 0 Å². The van der Waals surface area contributed by atoms with Crippen molar-refractivity contribution < 1.29 is 12.8 Å². The molecule has 138 valence electrons. The fourth-order valence-corrected chi connectivity index (χ4v) is 3.33. The number of sulfonamides is 1. The van der Waals surface area contributed by atoms with Gasteiger partial charge in [0.25, 0.3) is 10.0 Å². The average Bonchev–Trinajstić information content (AvgIpc) is 2.65. The van der Waals surface area contributed by atoms with Crippen LogP contribution in [0.4, 0.5) is 15.8 Å². The molecule has 0 spiro atoms.